The number of hydrogen-bond donors (Lipinski definition) is 1. The minimum absolute atomic E-state index is 0.227. The summed E-state index contributed by atoms with van der Waals surface area (Å²) in [6.07, 6.45) is 6.27. The molecular formula is C19H32N2. The highest BCUT2D eigenvalue weighted by Crippen LogP contribution is 2.36. The number of nitrogens with two attached hydrogens (primary N) is 1. The van der Waals surface area contributed by atoms with E-state index in [1.165, 1.54) is 36.8 Å². The second kappa shape index (κ2) is 7.42. The summed E-state index contributed by atoms with van der Waals surface area (Å²) in [5.41, 5.74) is 9.28. The van der Waals surface area contributed by atoms with Crippen molar-refractivity contribution in [3.63, 3.8) is 0 Å². The van der Waals surface area contributed by atoms with Gasteiger partial charge in [0.1, 0.15) is 0 Å². The van der Waals surface area contributed by atoms with Gasteiger partial charge >= 0.3 is 0 Å². The maximum Gasteiger partial charge on any atom is 0.0335 e. The number of nitrogens with zero attached hydrogens (tertiary/aromatic N) is 1. The summed E-state index contributed by atoms with van der Waals surface area (Å²) in [7, 11) is 0. The molecule has 1 aliphatic carbocycles. The largest absolute Gasteiger partial charge is 0.329 e. The van der Waals surface area contributed by atoms with Crippen molar-refractivity contribution in [3.05, 3.63) is 35.4 Å². The van der Waals surface area contributed by atoms with E-state index in [1.54, 1.807) is 0 Å². The third-order valence-corrected chi connectivity index (χ3v) is 5.44. The van der Waals surface area contributed by atoms with Crippen LogP contribution in [0.5, 0.6) is 0 Å². The lowest BCUT2D eigenvalue weighted by Gasteiger charge is -2.47. The van der Waals surface area contributed by atoms with Crippen LogP contribution in [-0.2, 0) is 13.0 Å². The van der Waals surface area contributed by atoms with Gasteiger partial charge in [0.2, 0.25) is 0 Å². The topological polar surface area (TPSA) is 29.3 Å². The standard InChI is InChI=1S/C19H32N2/c1-4-17-6-8-18(9-7-17)14-21(5-2)19(15-20)12-10-16(3)11-13-19/h6-9,16H,4-5,10-15,20H2,1-3H3. The number of benzene rings is 1. The monoisotopic (exact) mass is 288 g/mol. The first-order valence-electron chi connectivity index (χ1n) is 8.66. The van der Waals surface area contributed by atoms with Crippen LogP contribution >= 0.6 is 0 Å². The van der Waals surface area contributed by atoms with Gasteiger partial charge in [0.25, 0.3) is 0 Å². The van der Waals surface area contributed by atoms with Crippen LogP contribution < -0.4 is 5.73 Å². The molecule has 0 amide bonds. The molecule has 0 atom stereocenters. The molecule has 2 rings (SSSR count). The lowest BCUT2D eigenvalue weighted by molar-refractivity contribution is 0.0423. The van der Waals surface area contributed by atoms with E-state index in [9.17, 15) is 0 Å². The Hall–Kier alpha value is -0.860. The molecule has 21 heavy (non-hydrogen) atoms. The molecular weight excluding hydrogens is 256 g/mol. The highest BCUT2D eigenvalue weighted by atomic mass is 15.2. The molecule has 0 radical (unpaired) electrons. The molecule has 0 aliphatic heterocycles. The van der Waals surface area contributed by atoms with Crippen LogP contribution in [-0.4, -0.2) is 23.5 Å². The molecule has 2 N–H and O–H groups in total. The van der Waals surface area contributed by atoms with Crippen LogP contribution in [0.1, 0.15) is 57.6 Å². The first kappa shape index (κ1) is 16.5. The molecule has 118 valence electrons. The third-order valence-electron chi connectivity index (χ3n) is 5.44. The van der Waals surface area contributed by atoms with Crippen molar-refractivity contribution < 1.29 is 0 Å². The lowest BCUT2D eigenvalue weighted by atomic mass is 9.76. The van der Waals surface area contributed by atoms with Crippen LogP contribution in [0.25, 0.3) is 0 Å². The van der Waals surface area contributed by atoms with Crippen LogP contribution in [0.3, 0.4) is 0 Å². The van der Waals surface area contributed by atoms with E-state index in [2.05, 4.69) is 49.9 Å². The molecule has 1 aliphatic rings. The van der Waals surface area contributed by atoms with Gasteiger partial charge in [-0.1, -0.05) is 45.0 Å². The average molecular weight is 288 g/mol. The maximum absolute atomic E-state index is 6.22. The number of aryl methyl sites for hydroxylation is 1. The van der Waals surface area contributed by atoms with Gasteiger partial charge in [-0.05, 0) is 55.7 Å². The lowest BCUT2D eigenvalue weighted by Crippen LogP contribution is -2.55. The van der Waals surface area contributed by atoms with Crippen LogP contribution in [0, 0.1) is 5.92 Å². The van der Waals surface area contributed by atoms with E-state index in [0.717, 1.165) is 32.0 Å². The summed E-state index contributed by atoms with van der Waals surface area (Å²) in [5.74, 6) is 0.868. The molecule has 1 aromatic rings. The van der Waals surface area contributed by atoms with Crippen molar-refractivity contribution in [2.75, 3.05) is 13.1 Å². The van der Waals surface area contributed by atoms with E-state index < -0.39 is 0 Å². The molecule has 1 aromatic carbocycles. The van der Waals surface area contributed by atoms with Crippen LogP contribution in [0.4, 0.5) is 0 Å². The third kappa shape index (κ3) is 3.87. The SMILES string of the molecule is CCc1ccc(CN(CC)C2(CN)CCC(C)CC2)cc1. The van der Waals surface area contributed by atoms with Gasteiger partial charge < -0.3 is 5.73 Å². The molecule has 2 heteroatoms. The van der Waals surface area contributed by atoms with Crippen molar-refractivity contribution in [1.29, 1.82) is 0 Å². The predicted octanol–water partition coefficient (Wildman–Crippen LogP) is 3.98. The Labute approximate surface area is 130 Å². The highest BCUT2D eigenvalue weighted by Gasteiger charge is 2.37. The Balaban J connectivity index is 2.09. The maximum atomic E-state index is 6.22. The van der Waals surface area contributed by atoms with E-state index >= 15 is 0 Å². The Kier molecular flexibility index (Phi) is 5.83. The number of rotatable bonds is 6. The van der Waals surface area contributed by atoms with Gasteiger partial charge in [-0.2, -0.15) is 0 Å². The quantitative estimate of drug-likeness (QED) is 0.858. The summed E-state index contributed by atoms with van der Waals surface area (Å²) >= 11 is 0. The molecule has 0 aromatic heterocycles. The number of hydrogen-bond acceptors (Lipinski definition) is 2. The summed E-state index contributed by atoms with van der Waals surface area (Å²) in [6.45, 7) is 9.77. The summed E-state index contributed by atoms with van der Waals surface area (Å²) in [4.78, 5) is 2.62. The van der Waals surface area contributed by atoms with Crippen molar-refractivity contribution in [2.45, 2.75) is 65.0 Å². The van der Waals surface area contributed by atoms with E-state index in [1.807, 2.05) is 0 Å². The number of likely N-dealkylation sites (N-methyl/N-ethyl adjacent to an activating group) is 1. The second-order valence-corrected chi connectivity index (χ2v) is 6.80. The Morgan fingerprint density at radius 1 is 1.10 bits per heavy atom. The predicted molar refractivity (Wildman–Crippen MR) is 91.3 cm³/mol. The van der Waals surface area contributed by atoms with E-state index in [-0.39, 0.29) is 5.54 Å². The first-order chi connectivity index (χ1) is 10.1. The molecule has 2 nitrogen and oxygen atoms in total. The van der Waals surface area contributed by atoms with Crippen molar-refractivity contribution >= 4 is 0 Å². The fourth-order valence-electron chi connectivity index (χ4n) is 3.66. The van der Waals surface area contributed by atoms with Gasteiger partial charge in [-0.15, -0.1) is 0 Å². The van der Waals surface area contributed by atoms with Crippen LogP contribution in [0.15, 0.2) is 24.3 Å². The molecule has 0 saturated heterocycles. The average Bonchev–Trinajstić information content (AvgIpc) is 2.54. The van der Waals surface area contributed by atoms with Crippen molar-refractivity contribution in [2.24, 2.45) is 11.7 Å². The van der Waals surface area contributed by atoms with Crippen molar-refractivity contribution in [3.8, 4) is 0 Å². The molecule has 0 bridgehead atoms. The van der Waals surface area contributed by atoms with Gasteiger partial charge in [-0.3, -0.25) is 4.90 Å². The minimum atomic E-state index is 0.227. The minimum Gasteiger partial charge on any atom is -0.329 e. The zero-order chi connectivity index (χ0) is 15.3. The Bertz CT molecular complexity index is 416. The Morgan fingerprint density at radius 3 is 2.14 bits per heavy atom. The summed E-state index contributed by atoms with van der Waals surface area (Å²) < 4.78 is 0. The van der Waals surface area contributed by atoms with Crippen molar-refractivity contribution in [1.82, 2.24) is 4.90 Å². The molecule has 0 spiro atoms. The fraction of sp³-hybridized carbons (Fsp3) is 0.684. The molecule has 1 fully saturated rings. The highest BCUT2D eigenvalue weighted by molar-refractivity contribution is 5.22. The van der Waals surface area contributed by atoms with Gasteiger partial charge in [0, 0.05) is 18.6 Å². The normalized spacial score (nSPS) is 26.2. The summed E-state index contributed by atoms with van der Waals surface area (Å²) in [6, 6.07) is 9.11. The summed E-state index contributed by atoms with van der Waals surface area (Å²) in [5, 5.41) is 0. The fourth-order valence-corrected chi connectivity index (χ4v) is 3.66. The first-order valence-corrected chi connectivity index (χ1v) is 8.66. The zero-order valence-electron chi connectivity index (χ0n) is 14.1. The van der Waals surface area contributed by atoms with E-state index in [4.69, 9.17) is 5.73 Å². The Morgan fingerprint density at radius 2 is 1.67 bits per heavy atom. The van der Waals surface area contributed by atoms with Gasteiger partial charge in [0.15, 0.2) is 0 Å². The molecule has 1 saturated carbocycles. The van der Waals surface area contributed by atoms with Crippen LogP contribution in [0.2, 0.25) is 0 Å². The molecule has 0 heterocycles. The van der Waals surface area contributed by atoms with Gasteiger partial charge in [0.05, 0.1) is 0 Å². The molecule has 0 unspecified atom stereocenters. The zero-order valence-corrected chi connectivity index (χ0v) is 14.1. The van der Waals surface area contributed by atoms with E-state index in [0.29, 0.717) is 0 Å². The van der Waals surface area contributed by atoms with Gasteiger partial charge in [-0.25, -0.2) is 0 Å². The smallest absolute Gasteiger partial charge is 0.0335 e. The second-order valence-electron chi connectivity index (χ2n) is 6.80.